The monoisotopic (exact) mass is 342 g/mol. The number of nitrogens with zero attached hydrogens (tertiary/aromatic N) is 2. The molecule has 0 N–H and O–H groups in total. The Morgan fingerprint density at radius 1 is 1.04 bits per heavy atom. The molecule has 0 unspecified atom stereocenters. The van der Waals surface area contributed by atoms with Crippen LogP contribution in [0, 0.1) is 6.92 Å². The molecule has 0 bridgehead atoms. The lowest BCUT2D eigenvalue weighted by atomic mass is 9.95. The summed E-state index contributed by atoms with van der Waals surface area (Å²) in [4.78, 5) is 21.2. The summed E-state index contributed by atoms with van der Waals surface area (Å²) in [6, 6.07) is 12.1. The van der Waals surface area contributed by atoms with Crippen LogP contribution < -0.4 is 0 Å². The van der Waals surface area contributed by atoms with E-state index in [1.54, 1.807) is 48.7 Å². The first-order chi connectivity index (χ1) is 11.1. The van der Waals surface area contributed by atoms with E-state index in [1.807, 2.05) is 6.92 Å². The van der Waals surface area contributed by atoms with Crippen LogP contribution in [0.2, 0.25) is 10.0 Å². The van der Waals surface area contributed by atoms with E-state index in [4.69, 9.17) is 23.2 Å². The van der Waals surface area contributed by atoms with Crippen molar-refractivity contribution in [1.82, 2.24) is 9.97 Å². The molecule has 3 aromatic rings. The summed E-state index contributed by atoms with van der Waals surface area (Å²) in [7, 11) is 0. The highest BCUT2D eigenvalue weighted by Gasteiger charge is 2.19. The van der Waals surface area contributed by atoms with Crippen LogP contribution >= 0.6 is 23.2 Å². The number of hydrogen-bond donors (Lipinski definition) is 0. The van der Waals surface area contributed by atoms with Gasteiger partial charge in [-0.15, -0.1) is 0 Å². The maximum atomic E-state index is 12.9. The molecule has 0 saturated carbocycles. The number of aromatic nitrogens is 2. The van der Waals surface area contributed by atoms with Crippen molar-refractivity contribution in [3.05, 3.63) is 81.7 Å². The first kappa shape index (κ1) is 15.7. The molecule has 0 fully saturated rings. The molecule has 0 radical (unpaired) electrons. The second-order valence-corrected chi connectivity index (χ2v) is 5.90. The molecule has 0 saturated heterocycles. The SMILES string of the molecule is Cc1cncnc1-c1ccc(Cl)cc1C(=O)c1ccccc1Cl. The maximum absolute atomic E-state index is 12.9. The zero-order valence-corrected chi connectivity index (χ0v) is 13.8. The van der Waals surface area contributed by atoms with Crippen molar-refractivity contribution in [2.24, 2.45) is 0 Å². The normalized spacial score (nSPS) is 10.6. The Morgan fingerprint density at radius 3 is 2.57 bits per heavy atom. The second kappa shape index (κ2) is 6.49. The van der Waals surface area contributed by atoms with Crippen molar-refractivity contribution in [2.45, 2.75) is 6.92 Å². The van der Waals surface area contributed by atoms with E-state index in [0.29, 0.717) is 32.4 Å². The fraction of sp³-hybridized carbons (Fsp3) is 0.0556. The van der Waals surface area contributed by atoms with E-state index in [1.165, 1.54) is 6.33 Å². The smallest absolute Gasteiger partial charge is 0.195 e. The first-order valence-corrected chi connectivity index (χ1v) is 7.69. The molecule has 114 valence electrons. The Balaban J connectivity index is 2.20. The fourth-order valence-corrected chi connectivity index (χ4v) is 2.78. The molecule has 2 aromatic carbocycles. The quantitative estimate of drug-likeness (QED) is 0.629. The van der Waals surface area contributed by atoms with Gasteiger partial charge < -0.3 is 0 Å². The number of aryl methyl sites for hydroxylation is 1. The van der Waals surface area contributed by atoms with E-state index in [-0.39, 0.29) is 5.78 Å². The highest BCUT2D eigenvalue weighted by molar-refractivity contribution is 6.35. The van der Waals surface area contributed by atoms with E-state index in [9.17, 15) is 4.79 Å². The van der Waals surface area contributed by atoms with Gasteiger partial charge in [-0.3, -0.25) is 4.79 Å². The molecule has 0 spiro atoms. The molecule has 0 aliphatic carbocycles. The van der Waals surface area contributed by atoms with Crippen LogP contribution in [-0.4, -0.2) is 15.8 Å². The van der Waals surface area contributed by atoms with Crippen LogP contribution in [0.4, 0.5) is 0 Å². The standard InChI is InChI=1S/C18H12Cl2N2O/c1-11-9-21-10-22-17(11)13-7-6-12(19)8-15(13)18(23)14-4-2-3-5-16(14)20/h2-10H,1H3. The van der Waals surface area contributed by atoms with Gasteiger partial charge >= 0.3 is 0 Å². The van der Waals surface area contributed by atoms with Gasteiger partial charge in [0.2, 0.25) is 0 Å². The number of hydrogen-bond acceptors (Lipinski definition) is 3. The van der Waals surface area contributed by atoms with E-state index in [0.717, 1.165) is 5.56 Å². The molecule has 0 atom stereocenters. The average Bonchev–Trinajstić information content (AvgIpc) is 2.55. The topological polar surface area (TPSA) is 42.9 Å². The predicted octanol–water partition coefficient (Wildman–Crippen LogP) is 4.99. The predicted molar refractivity (Wildman–Crippen MR) is 92.1 cm³/mol. The zero-order valence-electron chi connectivity index (χ0n) is 12.3. The van der Waals surface area contributed by atoms with Gasteiger partial charge in [0.25, 0.3) is 0 Å². The lowest BCUT2D eigenvalue weighted by Crippen LogP contribution is -2.05. The van der Waals surface area contributed by atoms with Crippen LogP contribution in [0.3, 0.4) is 0 Å². The van der Waals surface area contributed by atoms with Crippen molar-refractivity contribution in [3.8, 4) is 11.3 Å². The van der Waals surface area contributed by atoms with Crippen molar-refractivity contribution in [2.75, 3.05) is 0 Å². The first-order valence-electron chi connectivity index (χ1n) is 6.93. The molecule has 5 heteroatoms. The van der Waals surface area contributed by atoms with Crippen LogP contribution in [0.5, 0.6) is 0 Å². The minimum Gasteiger partial charge on any atom is -0.289 e. The Kier molecular flexibility index (Phi) is 4.42. The maximum Gasteiger partial charge on any atom is 0.195 e. The summed E-state index contributed by atoms with van der Waals surface area (Å²) in [5, 5.41) is 0.888. The lowest BCUT2D eigenvalue weighted by Gasteiger charge is -2.11. The third-order valence-corrected chi connectivity index (χ3v) is 4.06. The van der Waals surface area contributed by atoms with Gasteiger partial charge in [0, 0.05) is 27.9 Å². The molecule has 3 rings (SSSR count). The minimum atomic E-state index is -0.189. The molecular formula is C18H12Cl2N2O. The van der Waals surface area contributed by atoms with Crippen LogP contribution in [0.15, 0.2) is 55.0 Å². The van der Waals surface area contributed by atoms with Crippen molar-refractivity contribution in [1.29, 1.82) is 0 Å². The summed E-state index contributed by atoms with van der Waals surface area (Å²) in [6.07, 6.45) is 3.17. The average molecular weight is 343 g/mol. The number of rotatable bonds is 3. The molecule has 1 aromatic heterocycles. The van der Waals surface area contributed by atoms with Crippen molar-refractivity contribution < 1.29 is 4.79 Å². The van der Waals surface area contributed by atoms with E-state index in [2.05, 4.69) is 9.97 Å². The largest absolute Gasteiger partial charge is 0.289 e. The molecule has 0 amide bonds. The second-order valence-electron chi connectivity index (χ2n) is 5.05. The summed E-state index contributed by atoms with van der Waals surface area (Å²) < 4.78 is 0. The number of halogens is 2. The highest BCUT2D eigenvalue weighted by atomic mass is 35.5. The van der Waals surface area contributed by atoms with Crippen molar-refractivity contribution in [3.63, 3.8) is 0 Å². The number of carbonyl (C=O) groups is 1. The minimum absolute atomic E-state index is 0.189. The van der Waals surface area contributed by atoms with Crippen LogP contribution in [0.1, 0.15) is 21.5 Å². The molecular weight excluding hydrogens is 331 g/mol. The van der Waals surface area contributed by atoms with Crippen LogP contribution in [0.25, 0.3) is 11.3 Å². The third-order valence-electron chi connectivity index (χ3n) is 3.50. The summed E-state index contributed by atoms with van der Waals surface area (Å²) in [6.45, 7) is 1.90. The number of ketones is 1. The molecule has 3 nitrogen and oxygen atoms in total. The van der Waals surface area contributed by atoms with Gasteiger partial charge in [-0.1, -0.05) is 41.4 Å². The van der Waals surface area contributed by atoms with Gasteiger partial charge in [0.15, 0.2) is 5.78 Å². The summed E-state index contributed by atoms with van der Waals surface area (Å²) >= 11 is 12.3. The Labute approximate surface area is 143 Å². The molecule has 0 aliphatic rings. The van der Waals surface area contributed by atoms with Crippen molar-refractivity contribution >= 4 is 29.0 Å². The van der Waals surface area contributed by atoms with Gasteiger partial charge in [0.05, 0.1) is 10.7 Å². The zero-order chi connectivity index (χ0) is 16.4. The Hall–Kier alpha value is -2.23. The fourth-order valence-electron chi connectivity index (χ4n) is 2.38. The van der Waals surface area contributed by atoms with E-state index >= 15 is 0 Å². The highest BCUT2D eigenvalue weighted by Crippen LogP contribution is 2.30. The molecule has 1 heterocycles. The third kappa shape index (κ3) is 3.11. The lowest BCUT2D eigenvalue weighted by molar-refractivity contribution is 0.103. The Morgan fingerprint density at radius 2 is 1.83 bits per heavy atom. The van der Waals surface area contributed by atoms with Gasteiger partial charge in [-0.05, 0) is 36.8 Å². The van der Waals surface area contributed by atoms with Crippen LogP contribution in [-0.2, 0) is 0 Å². The molecule has 0 aliphatic heterocycles. The van der Waals surface area contributed by atoms with Gasteiger partial charge in [-0.25, -0.2) is 9.97 Å². The van der Waals surface area contributed by atoms with E-state index < -0.39 is 0 Å². The Bertz CT molecular complexity index is 894. The number of carbonyl (C=O) groups excluding carboxylic acids is 1. The van der Waals surface area contributed by atoms with Gasteiger partial charge in [-0.2, -0.15) is 0 Å². The van der Waals surface area contributed by atoms with Gasteiger partial charge in [0.1, 0.15) is 6.33 Å². The number of benzene rings is 2. The summed E-state index contributed by atoms with van der Waals surface area (Å²) in [5.41, 5.74) is 3.19. The molecule has 23 heavy (non-hydrogen) atoms. The summed E-state index contributed by atoms with van der Waals surface area (Å²) in [5.74, 6) is -0.189.